The number of rotatable bonds is 2. The Labute approximate surface area is 283 Å². The molecule has 0 spiro atoms. The minimum absolute atomic E-state index is 0. The van der Waals surface area contributed by atoms with Crippen LogP contribution in [0.25, 0.3) is 44.1 Å². The summed E-state index contributed by atoms with van der Waals surface area (Å²) < 4.78 is 0. The monoisotopic (exact) mass is 769 g/mol. The van der Waals surface area contributed by atoms with Gasteiger partial charge in [-0.3, -0.25) is 0 Å². The van der Waals surface area contributed by atoms with Crippen LogP contribution in [0.3, 0.4) is 0 Å². The van der Waals surface area contributed by atoms with Gasteiger partial charge in [0.2, 0.25) is 0 Å². The van der Waals surface area contributed by atoms with E-state index in [0.717, 1.165) is 22.5 Å². The largest absolute Gasteiger partial charge is 0.304 e. The molecule has 0 fully saturated rings. The molecule has 0 amide bonds. The molecule has 0 aliphatic carbocycles. The second kappa shape index (κ2) is 13.4. The van der Waals surface area contributed by atoms with Crippen LogP contribution in [0.1, 0.15) is 79.0 Å². The van der Waals surface area contributed by atoms with Crippen LogP contribution in [0.5, 0.6) is 0 Å². The van der Waals surface area contributed by atoms with Crippen molar-refractivity contribution < 1.29 is 20.1 Å². The normalized spacial score (nSPS) is 11.9. The maximum Gasteiger partial charge on any atom is 0.0198 e. The first-order valence-corrected chi connectivity index (χ1v) is 15.5. The molecule has 1 radical (unpaired) electrons. The van der Waals surface area contributed by atoms with Crippen LogP contribution in [0.15, 0.2) is 103 Å². The van der Waals surface area contributed by atoms with E-state index in [2.05, 4.69) is 175 Å². The topological polar surface area (TPSA) is 25.8 Å². The molecule has 0 aliphatic heterocycles. The van der Waals surface area contributed by atoms with Crippen molar-refractivity contribution in [2.75, 3.05) is 0 Å². The zero-order valence-corrected chi connectivity index (χ0v) is 30.4. The average Bonchev–Trinajstić information content (AvgIpc) is 3.00. The van der Waals surface area contributed by atoms with E-state index < -0.39 is 0 Å². The van der Waals surface area contributed by atoms with Gasteiger partial charge in [-0.25, -0.2) is 0 Å². The van der Waals surface area contributed by atoms with Gasteiger partial charge in [0.25, 0.3) is 0 Å². The van der Waals surface area contributed by atoms with Crippen LogP contribution in [0.4, 0.5) is 0 Å². The van der Waals surface area contributed by atoms with Crippen molar-refractivity contribution in [3.05, 3.63) is 132 Å². The van der Waals surface area contributed by atoms with Crippen molar-refractivity contribution in [3.8, 4) is 22.5 Å². The molecule has 3 heteroatoms. The molecule has 0 saturated heterocycles. The molecule has 4 aromatic carbocycles. The molecule has 0 unspecified atom stereocenters. The van der Waals surface area contributed by atoms with E-state index in [1.54, 1.807) is 0 Å². The fraction of sp³-hybridized carbons (Fsp3) is 0.286. The van der Waals surface area contributed by atoms with Gasteiger partial charge >= 0.3 is 0 Å². The van der Waals surface area contributed by atoms with Crippen LogP contribution < -0.4 is 0 Å². The van der Waals surface area contributed by atoms with E-state index in [1.807, 2.05) is 12.4 Å². The fourth-order valence-electron chi connectivity index (χ4n) is 5.13. The number of hydrogen-bond acceptors (Lipinski definition) is 2. The molecule has 0 atom stereocenters. The summed E-state index contributed by atoms with van der Waals surface area (Å²) in [6.45, 7) is 19.9. The summed E-state index contributed by atoms with van der Waals surface area (Å²) in [5.41, 5.74) is 8.28. The Hall–Kier alpha value is -3.65. The van der Waals surface area contributed by atoms with Crippen LogP contribution in [0.2, 0.25) is 0 Å². The van der Waals surface area contributed by atoms with E-state index >= 15 is 0 Å². The number of pyridine rings is 2. The van der Waals surface area contributed by atoms with Crippen molar-refractivity contribution in [1.82, 2.24) is 9.97 Å². The molecule has 6 rings (SSSR count). The number of nitrogens with zero attached hydrogens (tertiary/aromatic N) is 2. The third-order valence-corrected chi connectivity index (χ3v) is 8.17. The van der Waals surface area contributed by atoms with E-state index in [4.69, 9.17) is 0 Å². The van der Waals surface area contributed by atoms with Crippen LogP contribution in [-0.4, -0.2) is 9.97 Å². The minimum atomic E-state index is 0. The summed E-state index contributed by atoms with van der Waals surface area (Å²) in [5, 5.41) is 5.00. The van der Waals surface area contributed by atoms with Crippen molar-refractivity contribution in [1.29, 1.82) is 0 Å². The summed E-state index contributed by atoms with van der Waals surface area (Å²) in [4.78, 5) is 9.25. The van der Waals surface area contributed by atoms with Gasteiger partial charge in [-0.05, 0) is 49.5 Å². The molecule has 2 nitrogen and oxygen atoms in total. The quantitative estimate of drug-likeness (QED) is 0.130. The average molecular weight is 769 g/mol. The molecule has 0 N–H and O–H groups in total. The molecule has 2 aromatic heterocycles. The molecule has 2 heterocycles. The standard InChI is InChI=1S/C23H20N.C19H24N.Ir/c1-23(2,3)19-12-13-22(24-15-19)18-11-10-17-9-8-16-6-4-5-7-20(16)21(17)14-18;1-18(2,3)15-9-7-14(8-10-15)17-12-11-16(13-20-17)19(4,5)6;/h4-10,12-15H,1-3H3;7,9-13H,1-6H3;/q2*-1;. The van der Waals surface area contributed by atoms with Crippen LogP contribution in [0, 0.1) is 12.1 Å². The number of aromatic nitrogens is 2. The summed E-state index contributed by atoms with van der Waals surface area (Å²) in [5.74, 6) is 0. The number of fused-ring (bicyclic) bond motifs is 3. The first kappa shape index (κ1) is 34.2. The van der Waals surface area contributed by atoms with Gasteiger partial charge in [-0.2, -0.15) is 0 Å². The Balaban J connectivity index is 0.000000204. The summed E-state index contributed by atoms with van der Waals surface area (Å²) in [7, 11) is 0. The predicted molar refractivity (Wildman–Crippen MR) is 188 cm³/mol. The van der Waals surface area contributed by atoms with Crippen molar-refractivity contribution in [2.45, 2.75) is 78.6 Å². The zero-order valence-electron chi connectivity index (χ0n) is 28.0. The van der Waals surface area contributed by atoms with Crippen molar-refractivity contribution in [2.24, 2.45) is 0 Å². The summed E-state index contributed by atoms with van der Waals surface area (Å²) >= 11 is 0. The number of hydrogen-bond donors (Lipinski definition) is 0. The van der Waals surface area contributed by atoms with Crippen molar-refractivity contribution in [3.63, 3.8) is 0 Å². The van der Waals surface area contributed by atoms with Gasteiger partial charge in [-0.1, -0.05) is 134 Å². The summed E-state index contributed by atoms with van der Waals surface area (Å²) in [6, 6.07) is 38.7. The molecule has 45 heavy (non-hydrogen) atoms. The Bertz CT molecular complexity index is 1810. The van der Waals surface area contributed by atoms with E-state index in [9.17, 15) is 0 Å². The molecule has 0 saturated carbocycles. The van der Waals surface area contributed by atoms with Gasteiger partial charge in [-0.15, -0.1) is 59.2 Å². The summed E-state index contributed by atoms with van der Waals surface area (Å²) in [6.07, 6.45) is 3.96. The van der Waals surface area contributed by atoms with Gasteiger partial charge < -0.3 is 9.97 Å². The Morgan fingerprint density at radius 1 is 0.467 bits per heavy atom. The maximum absolute atomic E-state index is 4.67. The van der Waals surface area contributed by atoms with Gasteiger partial charge in [0.05, 0.1) is 0 Å². The molecule has 0 bridgehead atoms. The number of benzene rings is 4. The predicted octanol–water partition coefficient (Wildman–Crippen LogP) is 11.3. The zero-order chi connectivity index (χ0) is 31.7. The van der Waals surface area contributed by atoms with E-state index in [0.29, 0.717) is 0 Å². The van der Waals surface area contributed by atoms with Gasteiger partial charge in [0.15, 0.2) is 0 Å². The molecule has 233 valence electrons. The smallest absolute Gasteiger partial charge is 0.0198 e. The fourth-order valence-corrected chi connectivity index (χ4v) is 5.13. The SMILES string of the molecule is CC(C)(C)c1c[c-]c(-c2ccc(C(C)(C)C)cn2)cc1.CC(C)(C)c1ccc(-c2[c-]cc3ccc4ccccc4c3c2)nc1.[Ir]. The molecule has 0 aliphatic rings. The molecular formula is C42H44IrN2-2. The molecule has 6 aromatic rings. The van der Waals surface area contributed by atoms with E-state index in [1.165, 1.54) is 38.2 Å². The van der Waals surface area contributed by atoms with Crippen LogP contribution in [-0.2, 0) is 36.4 Å². The second-order valence-electron chi connectivity index (χ2n) is 14.7. The molecular weight excluding hydrogens is 725 g/mol. The maximum atomic E-state index is 4.67. The van der Waals surface area contributed by atoms with Crippen molar-refractivity contribution >= 4 is 21.5 Å². The van der Waals surface area contributed by atoms with Gasteiger partial charge in [0.1, 0.15) is 0 Å². The third kappa shape index (κ3) is 8.15. The first-order valence-electron chi connectivity index (χ1n) is 15.5. The van der Waals surface area contributed by atoms with Crippen LogP contribution >= 0.6 is 0 Å². The first-order chi connectivity index (χ1) is 20.7. The second-order valence-corrected chi connectivity index (χ2v) is 14.7. The Morgan fingerprint density at radius 3 is 1.49 bits per heavy atom. The Morgan fingerprint density at radius 2 is 0.978 bits per heavy atom. The third-order valence-electron chi connectivity index (χ3n) is 8.17. The Kier molecular flexibility index (Phi) is 10.2. The minimum Gasteiger partial charge on any atom is -0.304 e. The van der Waals surface area contributed by atoms with E-state index in [-0.39, 0.29) is 36.4 Å². The van der Waals surface area contributed by atoms with Gasteiger partial charge in [0, 0.05) is 32.5 Å².